The summed E-state index contributed by atoms with van der Waals surface area (Å²) in [5.74, 6) is -1.23. The summed E-state index contributed by atoms with van der Waals surface area (Å²) >= 11 is 0. The second kappa shape index (κ2) is 6.01. The van der Waals surface area contributed by atoms with Crippen molar-refractivity contribution in [1.29, 1.82) is 0 Å². The van der Waals surface area contributed by atoms with Crippen LogP contribution >= 0.6 is 0 Å². The smallest absolute Gasteiger partial charge is 0.526 e. The van der Waals surface area contributed by atoms with E-state index >= 15 is 0 Å². The maximum Gasteiger partial charge on any atom is 0.526 e. The minimum atomic E-state index is -1.22. The predicted molar refractivity (Wildman–Crippen MR) is 77.6 cm³/mol. The summed E-state index contributed by atoms with van der Waals surface area (Å²) in [4.78, 5) is 33.1. The first kappa shape index (κ1) is 15.1. The van der Waals surface area contributed by atoms with E-state index in [0.29, 0.717) is 17.7 Å². The van der Waals surface area contributed by atoms with Gasteiger partial charge in [0.1, 0.15) is 11.4 Å². The Morgan fingerprint density at radius 2 is 2.24 bits per heavy atom. The topological polar surface area (TPSA) is 93.0 Å². The Hall–Kier alpha value is -2.28. The summed E-state index contributed by atoms with van der Waals surface area (Å²) in [6.45, 7) is 4.73. The summed E-state index contributed by atoms with van der Waals surface area (Å²) in [5, 5.41) is 12.8. The fourth-order valence-electron chi connectivity index (χ4n) is 2.32. The van der Waals surface area contributed by atoms with Crippen molar-refractivity contribution < 1.29 is 19.3 Å². The molecule has 6 nitrogen and oxygen atoms in total. The van der Waals surface area contributed by atoms with Crippen molar-refractivity contribution in [2.75, 3.05) is 0 Å². The summed E-state index contributed by atoms with van der Waals surface area (Å²) in [7, 11) is -1.22. The molecule has 21 heavy (non-hydrogen) atoms. The maximum atomic E-state index is 11.5. The molecular weight excluding hydrogens is 273 g/mol. The molecule has 7 heteroatoms. The minimum Gasteiger partial charge on any atom is -0.535 e. The molecule has 1 aromatic rings. The number of benzene rings is 1. The number of carbonyl (C=O) groups is 2. The Morgan fingerprint density at radius 1 is 1.52 bits per heavy atom. The molecule has 0 amide bonds. The fraction of sp³-hybridized carbons (Fsp3) is 0.286. The standard InChI is InChI=1S/C14H14BNO5/c1-8(16-20)12-5-3-4-10-6-11(7-13(18)9(2)17)15(19)21-14(10)12/h3-5,11,19H,1,6-7H2,2H3/t11-/m1/s1. The van der Waals surface area contributed by atoms with Gasteiger partial charge in [-0.25, -0.2) is 0 Å². The van der Waals surface area contributed by atoms with Crippen LogP contribution in [-0.4, -0.2) is 23.7 Å². The average molecular weight is 287 g/mol. The van der Waals surface area contributed by atoms with Crippen molar-refractivity contribution in [1.82, 2.24) is 0 Å². The van der Waals surface area contributed by atoms with Crippen LogP contribution in [0.4, 0.5) is 0 Å². The Bertz CT molecular complexity index is 628. The lowest BCUT2D eigenvalue weighted by Gasteiger charge is -2.28. The highest BCUT2D eigenvalue weighted by Crippen LogP contribution is 2.38. The summed E-state index contributed by atoms with van der Waals surface area (Å²) < 4.78 is 5.41. The first-order valence-electron chi connectivity index (χ1n) is 6.47. The Labute approximate surface area is 121 Å². The lowest BCUT2D eigenvalue weighted by molar-refractivity contribution is -0.135. The lowest BCUT2D eigenvalue weighted by Crippen LogP contribution is -2.36. The van der Waals surface area contributed by atoms with Gasteiger partial charge in [0.25, 0.3) is 0 Å². The van der Waals surface area contributed by atoms with Crippen LogP contribution in [0.2, 0.25) is 5.82 Å². The Kier molecular flexibility index (Phi) is 4.33. The van der Waals surface area contributed by atoms with Gasteiger partial charge in [-0.15, -0.1) is 4.91 Å². The number of hydrogen-bond acceptors (Lipinski definition) is 6. The van der Waals surface area contributed by atoms with E-state index in [1.807, 2.05) is 0 Å². The quantitative estimate of drug-likeness (QED) is 0.506. The van der Waals surface area contributed by atoms with Crippen LogP contribution in [0.5, 0.6) is 5.75 Å². The van der Waals surface area contributed by atoms with E-state index in [9.17, 15) is 19.5 Å². The molecule has 1 N–H and O–H groups in total. The predicted octanol–water partition coefficient (Wildman–Crippen LogP) is 1.76. The lowest BCUT2D eigenvalue weighted by atomic mass is 9.64. The molecule has 2 rings (SSSR count). The molecule has 0 aromatic heterocycles. The van der Waals surface area contributed by atoms with Crippen molar-refractivity contribution in [3.8, 4) is 5.75 Å². The van der Waals surface area contributed by atoms with Crippen LogP contribution < -0.4 is 4.65 Å². The van der Waals surface area contributed by atoms with Gasteiger partial charge in [0.05, 0.1) is 0 Å². The van der Waals surface area contributed by atoms with Crippen molar-refractivity contribution >= 4 is 24.4 Å². The Balaban J connectivity index is 2.28. The first-order chi connectivity index (χ1) is 9.93. The largest absolute Gasteiger partial charge is 0.535 e. The molecule has 108 valence electrons. The Morgan fingerprint density at radius 3 is 2.86 bits per heavy atom. The molecular formula is C14H14BNO5. The van der Waals surface area contributed by atoms with Crippen molar-refractivity contribution in [3.05, 3.63) is 40.8 Å². The van der Waals surface area contributed by atoms with Crippen molar-refractivity contribution in [2.24, 2.45) is 5.18 Å². The van der Waals surface area contributed by atoms with E-state index in [2.05, 4.69) is 11.8 Å². The zero-order chi connectivity index (χ0) is 15.6. The van der Waals surface area contributed by atoms with Crippen molar-refractivity contribution in [3.63, 3.8) is 0 Å². The number of hydrogen-bond donors (Lipinski definition) is 1. The van der Waals surface area contributed by atoms with Gasteiger partial charge in [0.15, 0.2) is 11.6 Å². The fourth-order valence-corrected chi connectivity index (χ4v) is 2.32. The number of rotatable bonds is 5. The second-order valence-corrected chi connectivity index (χ2v) is 4.99. The molecule has 1 aliphatic rings. The molecule has 1 aliphatic heterocycles. The molecule has 0 spiro atoms. The van der Waals surface area contributed by atoms with Gasteiger partial charge in [0.2, 0.25) is 0 Å². The SMILES string of the molecule is C=C(N=O)c1cccc2c1OB(O)[C@@H](CC(=O)C(C)=O)C2. The van der Waals surface area contributed by atoms with Crippen LogP contribution in [0.15, 0.2) is 30.0 Å². The van der Waals surface area contributed by atoms with Gasteiger partial charge in [0, 0.05) is 24.7 Å². The van der Waals surface area contributed by atoms with E-state index < -0.39 is 24.5 Å². The van der Waals surface area contributed by atoms with Gasteiger partial charge in [-0.1, -0.05) is 18.7 Å². The zero-order valence-electron chi connectivity index (χ0n) is 11.5. The third kappa shape index (κ3) is 3.08. The summed E-state index contributed by atoms with van der Waals surface area (Å²) in [6, 6.07) is 5.11. The summed E-state index contributed by atoms with van der Waals surface area (Å²) in [6.07, 6.45) is 0.294. The number of fused-ring (bicyclic) bond motifs is 1. The number of nitrogens with zero attached hydrogens (tertiary/aromatic N) is 1. The van der Waals surface area contributed by atoms with E-state index in [0.717, 1.165) is 5.56 Å². The van der Waals surface area contributed by atoms with E-state index in [1.54, 1.807) is 18.2 Å². The molecule has 0 saturated heterocycles. The molecule has 1 atom stereocenters. The van der Waals surface area contributed by atoms with Crippen LogP contribution in [-0.2, 0) is 16.0 Å². The van der Waals surface area contributed by atoms with Gasteiger partial charge >= 0.3 is 7.12 Å². The van der Waals surface area contributed by atoms with Gasteiger partial charge in [-0.05, 0) is 23.2 Å². The zero-order valence-corrected chi connectivity index (χ0v) is 11.5. The number of ketones is 2. The molecule has 1 aromatic carbocycles. The number of carbonyl (C=O) groups excluding carboxylic acids is 2. The van der Waals surface area contributed by atoms with E-state index in [4.69, 9.17) is 4.65 Å². The summed E-state index contributed by atoms with van der Waals surface area (Å²) in [5.41, 5.74) is 1.17. The average Bonchev–Trinajstić information content (AvgIpc) is 2.46. The normalized spacial score (nSPS) is 16.7. The first-order valence-corrected chi connectivity index (χ1v) is 6.47. The van der Waals surface area contributed by atoms with E-state index in [1.165, 1.54) is 6.92 Å². The molecule has 0 saturated carbocycles. The van der Waals surface area contributed by atoms with Gasteiger partial charge < -0.3 is 9.68 Å². The van der Waals surface area contributed by atoms with Crippen LogP contribution in [0, 0.1) is 4.91 Å². The number of Topliss-reactive ketones (excluding diaryl/α,β-unsaturated/α-hetero) is 2. The highest BCUT2D eigenvalue weighted by Gasteiger charge is 2.37. The minimum absolute atomic E-state index is 0.0114. The molecule has 0 bridgehead atoms. The van der Waals surface area contributed by atoms with Crippen molar-refractivity contribution in [2.45, 2.75) is 25.6 Å². The van der Waals surface area contributed by atoms with Gasteiger partial charge in [-0.3, -0.25) is 9.59 Å². The highest BCUT2D eigenvalue weighted by atomic mass is 16.5. The number of nitroso groups, excluding NO2 is 1. The highest BCUT2D eigenvalue weighted by molar-refractivity contribution is 6.48. The molecule has 1 heterocycles. The van der Waals surface area contributed by atoms with Crippen LogP contribution in [0.3, 0.4) is 0 Å². The van der Waals surface area contributed by atoms with Crippen LogP contribution in [0.25, 0.3) is 5.70 Å². The van der Waals surface area contributed by atoms with Gasteiger partial charge in [-0.2, -0.15) is 0 Å². The molecule has 0 radical (unpaired) electrons. The monoisotopic (exact) mass is 287 g/mol. The third-order valence-corrected chi connectivity index (χ3v) is 3.48. The number of para-hydroxylation sites is 1. The molecule has 0 unspecified atom stereocenters. The maximum absolute atomic E-state index is 11.5. The van der Waals surface area contributed by atoms with Crippen LogP contribution in [0.1, 0.15) is 24.5 Å². The second-order valence-electron chi connectivity index (χ2n) is 4.99. The molecule has 0 aliphatic carbocycles. The third-order valence-electron chi connectivity index (χ3n) is 3.48. The molecule has 0 fully saturated rings. The van der Waals surface area contributed by atoms with E-state index in [-0.39, 0.29) is 12.1 Å².